The van der Waals surface area contributed by atoms with Crippen molar-refractivity contribution in [3.05, 3.63) is 12.2 Å². The van der Waals surface area contributed by atoms with E-state index in [2.05, 4.69) is 20.4 Å². The lowest BCUT2D eigenvalue weighted by atomic mass is 9.77. The lowest BCUT2D eigenvalue weighted by Crippen LogP contribution is -2.22. The Kier molecular flexibility index (Phi) is 3.71. The summed E-state index contributed by atoms with van der Waals surface area (Å²) in [4.78, 5) is 11.2. The fraction of sp³-hybridized carbons (Fsp3) is 0.750. The van der Waals surface area contributed by atoms with Crippen LogP contribution in [0.4, 0.5) is 0 Å². The lowest BCUT2D eigenvalue weighted by molar-refractivity contribution is -0.122. The van der Waals surface area contributed by atoms with Crippen molar-refractivity contribution in [1.29, 1.82) is 0 Å². The predicted octanol–water partition coefficient (Wildman–Crippen LogP) is 3.35. The summed E-state index contributed by atoms with van der Waals surface area (Å²) < 4.78 is 0. The van der Waals surface area contributed by atoms with Crippen molar-refractivity contribution >= 4 is 5.78 Å². The van der Waals surface area contributed by atoms with Crippen LogP contribution in [0.2, 0.25) is 0 Å². The quantitative estimate of drug-likeness (QED) is 0.609. The molecule has 0 radical (unpaired) electrons. The van der Waals surface area contributed by atoms with Crippen molar-refractivity contribution in [2.45, 2.75) is 46.0 Å². The summed E-state index contributed by atoms with van der Waals surface area (Å²) in [5, 5.41) is 0. The van der Waals surface area contributed by atoms with Crippen LogP contribution in [0.25, 0.3) is 0 Å². The number of Topliss-reactive ketones (excluding diaryl/α,β-unsaturated/α-hetero) is 1. The van der Waals surface area contributed by atoms with Crippen molar-refractivity contribution in [3.63, 3.8) is 0 Å². The molecular formula is C12H20O. The maximum atomic E-state index is 11.2. The van der Waals surface area contributed by atoms with Gasteiger partial charge in [0.2, 0.25) is 0 Å². The topological polar surface area (TPSA) is 17.1 Å². The Morgan fingerprint density at radius 2 is 2.31 bits per heavy atom. The zero-order chi connectivity index (χ0) is 9.84. The van der Waals surface area contributed by atoms with Gasteiger partial charge in [0.25, 0.3) is 0 Å². The van der Waals surface area contributed by atoms with Gasteiger partial charge >= 0.3 is 0 Å². The van der Waals surface area contributed by atoms with E-state index in [1.54, 1.807) is 0 Å². The highest BCUT2D eigenvalue weighted by Gasteiger charge is 2.25. The van der Waals surface area contributed by atoms with E-state index in [0.717, 1.165) is 38.0 Å². The molecule has 1 heteroatoms. The minimum atomic E-state index is 0.463. The normalized spacial score (nSPS) is 28.9. The molecule has 74 valence electrons. The van der Waals surface area contributed by atoms with Gasteiger partial charge in [-0.05, 0) is 38.0 Å². The molecule has 1 rings (SSSR count). The molecule has 1 aliphatic rings. The molecule has 13 heavy (non-hydrogen) atoms. The third-order valence-electron chi connectivity index (χ3n) is 3.12. The van der Waals surface area contributed by atoms with E-state index in [9.17, 15) is 4.79 Å². The standard InChI is InChI=1S/C12H20O/c1-9(2)4-6-11-8-12(13)7-5-10(11)3/h10-11H,1,4-8H2,2-3H3. The van der Waals surface area contributed by atoms with Crippen LogP contribution in [0.15, 0.2) is 12.2 Å². The van der Waals surface area contributed by atoms with Gasteiger partial charge in [0.15, 0.2) is 0 Å². The number of carbonyl (C=O) groups is 1. The first-order valence-electron chi connectivity index (χ1n) is 5.25. The van der Waals surface area contributed by atoms with Crippen molar-refractivity contribution in [1.82, 2.24) is 0 Å². The van der Waals surface area contributed by atoms with Crippen LogP contribution in [0, 0.1) is 11.8 Å². The first-order valence-corrected chi connectivity index (χ1v) is 5.25. The maximum Gasteiger partial charge on any atom is 0.133 e. The van der Waals surface area contributed by atoms with Gasteiger partial charge in [0.1, 0.15) is 5.78 Å². The van der Waals surface area contributed by atoms with E-state index in [0.29, 0.717) is 11.7 Å². The average Bonchev–Trinajstić information content (AvgIpc) is 2.06. The molecule has 0 spiro atoms. The Morgan fingerprint density at radius 3 is 2.92 bits per heavy atom. The van der Waals surface area contributed by atoms with Crippen molar-refractivity contribution in [2.24, 2.45) is 11.8 Å². The number of allylic oxidation sites excluding steroid dienone is 1. The van der Waals surface area contributed by atoms with E-state index in [-0.39, 0.29) is 0 Å². The zero-order valence-corrected chi connectivity index (χ0v) is 8.81. The average molecular weight is 180 g/mol. The zero-order valence-electron chi connectivity index (χ0n) is 8.81. The summed E-state index contributed by atoms with van der Waals surface area (Å²) in [6.07, 6.45) is 4.96. The highest BCUT2D eigenvalue weighted by atomic mass is 16.1. The highest BCUT2D eigenvalue weighted by molar-refractivity contribution is 5.79. The van der Waals surface area contributed by atoms with Crippen LogP contribution in [0.1, 0.15) is 46.0 Å². The lowest BCUT2D eigenvalue weighted by Gasteiger charge is -2.27. The summed E-state index contributed by atoms with van der Waals surface area (Å²) in [6, 6.07) is 0. The molecule has 1 fully saturated rings. The van der Waals surface area contributed by atoms with Crippen LogP contribution >= 0.6 is 0 Å². The van der Waals surface area contributed by atoms with Crippen LogP contribution in [0.5, 0.6) is 0 Å². The summed E-state index contributed by atoms with van der Waals surface area (Å²) in [5.41, 5.74) is 1.24. The van der Waals surface area contributed by atoms with E-state index >= 15 is 0 Å². The number of carbonyl (C=O) groups excluding carboxylic acids is 1. The molecule has 0 heterocycles. The minimum Gasteiger partial charge on any atom is -0.300 e. The highest BCUT2D eigenvalue weighted by Crippen LogP contribution is 2.31. The Bertz CT molecular complexity index is 205. The second-order valence-corrected chi connectivity index (χ2v) is 4.51. The van der Waals surface area contributed by atoms with Gasteiger partial charge in [0.05, 0.1) is 0 Å². The van der Waals surface area contributed by atoms with Gasteiger partial charge in [-0.1, -0.05) is 12.5 Å². The number of hydrogen-bond acceptors (Lipinski definition) is 1. The summed E-state index contributed by atoms with van der Waals surface area (Å²) in [6.45, 7) is 8.24. The van der Waals surface area contributed by atoms with E-state index in [4.69, 9.17) is 0 Å². The van der Waals surface area contributed by atoms with Crippen LogP contribution in [0.3, 0.4) is 0 Å². The van der Waals surface area contributed by atoms with E-state index in [1.165, 1.54) is 5.57 Å². The molecule has 0 aromatic carbocycles. The SMILES string of the molecule is C=C(C)CCC1CC(=O)CCC1C. The van der Waals surface area contributed by atoms with Crippen molar-refractivity contribution < 1.29 is 4.79 Å². The number of rotatable bonds is 3. The van der Waals surface area contributed by atoms with E-state index in [1.807, 2.05) is 0 Å². The summed E-state index contributed by atoms with van der Waals surface area (Å²) in [7, 11) is 0. The number of ketones is 1. The molecular weight excluding hydrogens is 160 g/mol. The van der Waals surface area contributed by atoms with Gasteiger partial charge in [-0.15, -0.1) is 6.58 Å². The van der Waals surface area contributed by atoms with Crippen LogP contribution < -0.4 is 0 Å². The van der Waals surface area contributed by atoms with Crippen molar-refractivity contribution in [2.75, 3.05) is 0 Å². The molecule has 0 N–H and O–H groups in total. The van der Waals surface area contributed by atoms with E-state index < -0.39 is 0 Å². The molecule has 0 amide bonds. The number of hydrogen-bond donors (Lipinski definition) is 0. The van der Waals surface area contributed by atoms with Gasteiger partial charge < -0.3 is 0 Å². The first-order chi connectivity index (χ1) is 6.09. The van der Waals surface area contributed by atoms with Gasteiger partial charge in [0, 0.05) is 12.8 Å². The fourth-order valence-corrected chi connectivity index (χ4v) is 2.04. The molecule has 2 atom stereocenters. The second-order valence-electron chi connectivity index (χ2n) is 4.51. The fourth-order valence-electron chi connectivity index (χ4n) is 2.04. The minimum absolute atomic E-state index is 0.463. The Morgan fingerprint density at radius 1 is 1.62 bits per heavy atom. The molecule has 1 nitrogen and oxygen atoms in total. The van der Waals surface area contributed by atoms with Crippen LogP contribution in [-0.2, 0) is 4.79 Å². The van der Waals surface area contributed by atoms with Crippen LogP contribution in [-0.4, -0.2) is 5.78 Å². The van der Waals surface area contributed by atoms with Gasteiger partial charge in [-0.3, -0.25) is 4.79 Å². The third kappa shape index (κ3) is 3.33. The maximum absolute atomic E-state index is 11.2. The molecule has 0 saturated heterocycles. The molecule has 0 bridgehead atoms. The summed E-state index contributed by atoms with van der Waals surface area (Å²) in [5.74, 6) is 1.82. The second kappa shape index (κ2) is 4.59. The van der Waals surface area contributed by atoms with Gasteiger partial charge in [-0.25, -0.2) is 0 Å². The smallest absolute Gasteiger partial charge is 0.133 e. The Hall–Kier alpha value is -0.590. The Balaban J connectivity index is 2.37. The molecule has 2 unspecified atom stereocenters. The Labute approximate surface area is 81.2 Å². The molecule has 0 aromatic rings. The van der Waals surface area contributed by atoms with Gasteiger partial charge in [-0.2, -0.15) is 0 Å². The summed E-state index contributed by atoms with van der Waals surface area (Å²) >= 11 is 0. The van der Waals surface area contributed by atoms with Crippen molar-refractivity contribution in [3.8, 4) is 0 Å². The first kappa shape index (κ1) is 10.5. The molecule has 1 saturated carbocycles. The molecule has 1 aliphatic carbocycles. The third-order valence-corrected chi connectivity index (χ3v) is 3.12. The largest absolute Gasteiger partial charge is 0.300 e. The predicted molar refractivity (Wildman–Crippen MR) is 55.6 cm³/mol. The monoisotopic (exact) mass is 180 g/mol. The molecule has 0 aromatic heterocycles. The molecule has 0 aliphatic heterocycles.